The largest absolute Gasteiger partial charge is 0.321 e. The Hall–Kier alpha value is -3.29. The average molecular weight is 362 g/mol. The Balaban J connectivity index is 1.88. The lowest BCUT2D eigenvalue weighted by molar-refractivity contribution is -0.112. The zero-order valence-corrected chi connectivity index (χ0v) is 14.9. The third kappa shape index (κ3) is 4.02. The van der Waals surface area contributed by atoms with E-state index in [0.29, 0.717) is 10.7 Å². The number of anilines is 1. The van der Waals surface area contributed by atoms with Crippen LogP contribution in [0.1, 0.15) is 11.3 Å². The first kappa shape index (κ1) is 17.5. The van der Waals surface area contributed by atoms with E-state index in [2.05, 4.69) is 5.32 Å². The Morgan fingerprint density at radius 3 is 2.62 bits per heavy atom. The molecule has 0 spiro atoms. The molecule has 0 saturated carbocycles. The van der Waals surface area contributed by atoms with Crippen LogP contribution in [-0.4, -0.2) is 10.5 Å². The maximum absolute atomic E-state index is 12.4. The molecular formula is C21H16ClN3O. The van der Waals surface area contributed by atoms with Gasteiger partial charge in [0.2, 0.25) is 0 Å². The molecule has 5 heteroatoms. The van der Waals surface area contributed by atoms with Crippen molar-refractivity contribution in [1.82, 2.24) is 4.57 Å². The maximum atomic E-state index is 12.4. The number of halogens is 1. The molecular weight excluding hydrogens is 346 g/mol. The monoisotopic (exact) mass is 361 g/mol. The highest BCUT2D eigenvalue weighted by atomic mass is 35.5. The molecule has 0 aliphatic heterocycles. The van der Waals surface area contributed by atoms with E-state index >= 15 is 0 Å². The van der Waals surface area contributed by atoms with E-state index in [4.69, 9.17) is 11.6 Å². The number of nitrogens with zero attached hydrogens (tertiary/aromatic N) is 2. The molecule has 0 saturated heterocycles. The van der Waals surface area contributed by atoms with Gasteiger partial charge >= 0.3 is 0 Å². The minimum atomic E-state index is -0.443. The number of amides is 1. The molecule has 3 aromatic rings. The van der Waals surface area contributed by atoms with Gasteiger partial charge in [-0.3, -0.25) is 4.79 Å². The highest BCUT2D eigenvalue weighted by Crippen LogP contribution is 2.19. The SMILES string of the molecule is Cc1cccc(NC(=O)/C(C#N)=C\c2cccn2-c2ccc(Cl)cc2)c1. The molecule has 1 amide bonds. The second kappa shape index (κ2) is 7.73. The van der Waals surface area contributed by atoms with Crippen LogP contribution in [0.25, 0.3) is 11.8 Å². The first-order valence-electron chi connectivity index (χ1n) is 8.00. The summed E-state index contributed by atoms with van der Waals surface area (Å²) in [6, 6.07) is 20.4. The van der Waals surface area contributed by atoms with E-state index in [0.717, 1.165) is 16.9 Å². The van der Waals surface area contributed by atoms with E-state index < -0.39 is 5.91 Å². The number of carbonyl (C=O) groups is 1. The van der Waals surface area contributed by atoms with Crippen molar-refractivity contribution in [2.45, 2.75) is 6.92 Å². The fourth-order valence-electron chi connectivity index (χ4n) is 2.57. The van der Waals surface area contributed by atoms with Crippen LogP contribution in [0.15, 0.2) is 72.4 Å². The van der Waals surface area contributed by atoms with E-state index in [9.17, 15) is 10.1 Å². The summed E-state index contributed by atoms with van der Waals surface area (Å²) in [5, 5.41) is 12.8. The Kier molecular flexibility index (Phi) is 5.21. The van der Waals surface area contributed by atoms with E-state index in [1.807, 2.05) is 66.2 Å². The zero-order valence-electron chi connectivity index (χ0n) is 14.1. The number of hydrogen-bond donors (Lipinski definition) is 1. The lowest BCUT2D eigenvalue weighted by Crippen LogP contribution is -2.13. The van der Waals surface area contributed by atoms with Crippen molar-refractivity contribution in [2.75, 3.05) is 5.32 Å². The summed E-state index contributed by atoms with van der Waals surface area (Å²) in [5.41, 5.74) is 3.33. The number of benzene rings is 2. The lowest BCUT2D eigenvalue weighted by Gasteiger charge is -2.08. The molecule has 0 unspecified atom stereocenters. The van der Waals surface area contributed by atoms with Gasteiger partial charge in [-0.1, -0.05) is 23.7 Å². The molecule has 1 aromatic heterocycles. The van der Waals surface area contributed by atoms with Crippen LogP contribution in [0.3, 0.4) is 0 Å². The van der Waals surface area contributed by atoms with Crippen LogP contribution >= 0.6 is 11.6 Å². The molecule has 0 atom stereocenters. The van der Waals surface area contributed by atoms with Gasteiger partial charge in [0.25, 0.3) is 5.91 Å². The predicted molar refractivity (Wildman–Crippen MR) is 104 cm³/mol. The van der Waals surface area contributed by atoms with Gasteiger partial charge < -0.3 is 9.88 Å². The summed E-state index contributed by atoms with van der Waals surface area (Å²) in [4.78, 5) is 12.4. The van der Waals surface area contributed by atoms with Crippen molar-refractivity contribution in [3.8, 4) is 11.8 Å². The quantitative estimate of drug-likeness (QED) is 0.526. The second-order valence-electron chi connectivity index (χ2n) is 5.77. The van der Waals surface area contributed by atoms with Gasteiger partial charge in [0.1, 0.15) is 11.6 Å². The molecule has 0 fully saturated rings. The van der Waals surface area contributed by atoms with Gasteiger partial charge in [0, 0.05) is 28.3 Å². The maximum Gasteiger partial charge on any atom is 0.266 e. The van der Waals surface area contributed by atoms with Crippen molar-refractivity contribution < 1.29 is 4.79 Å². The van der Waals surface area contributed by atoms with Crippen molar-refractivity contribution in [1.29, 1.82) is 5.26 Å². The molecule has 128 valence electrons. The molecule has 0 aliphatic carbocycles. The van der Waals surface area contributed by atoms with E-state index in [1.54, 1.807) is 24.3 Å². The average Bonchev–Trinajstić information content (AvgIpc) is 3.08. The Labute approximate surface area is 157 Å². The van der Waals surface area contributed by atoms with Crippen molar-refractivity contribution in [3.05, 3.63) is 88.7 Å². The normalized spacial score (nSPS) is 11.0. The highest BCUT2D eigenvalue weighted by Gasteiger charge is 2.11. The Bertz CT molecular complexity index is 1010. The number of aromatic nitrogens is 1. The van der Waals surface area contributed by atoms with E-state index in [-0.39, 0.29) is 5.57 Å². The third-order valence-electron chi connectivity index (χ3n) is 3.82. The number of nitrogens with one attached hydrogen (secondary N) is 1. The number of aryl methyl sites for hydroxylation is 1. The molecule has 26 heavy (non-hydrogen) atoms. The van der Waals surface area contributed by atoms with Gasteiger partial charge in [-0.2, -0.15) is 5.26 Å². The summed E-state index contributed by atoms with van der Waals surface area (Å²) in [7, 11) is 0. The summed E-state index contributed by atoms with van der Waals surface area (Å²) in [6.45, 7) is 1.94. The topological polar surface area (TPSA) is 57.8 Å². The van der Waals surface area contributed by atoms with Gasteiger partial charge in [0.15, 0.2) is 0 Å². The third-order valence-corrected chi connectivity index (χ3v) is 4.07. The second-order valence-corrected chi connectivity index (χ2v) is 6.21. The standard InChI is InChI=1S/C21H16ClN3O/c1-15-4-2-5-18(12-15)24-21(26)16(14-23)13-20-6-3-11-25(20)19-9-7-17(22)8-10-19/h2-13H,1H3,(H,24,26)/b16-13-. The van der Waals surface area contributed by atoms with Crippen LogP contribution in [0, 0.1) is 18.3 Å². The lowest BCUT2D eigenvalue weighted by atomic mass is 10.2. The van der Waals surface area contributed by atoms with Crippen molar-refractivity contribution >= 4 is 29.3 Å². The fraction of sp³-hybridized carbons (Fsp3) is 0.0476. The highest BCUT2D eigenvalue weighted by molar-refractivity contribution is 6.30. The molecule has 0 bridgehead atoms. The van der Waals surface area contributed by atoms with Gasteiger partial charge in [-0.05, 0) is 67.1 Å². The molecule has 3 rings (SSSR count). The van der Waals surface area contributed by atoms with Crippen LogP contribution in [0.5, 0.6) is 0 Å². The van der Waals surface area contributed by atoms with Crippen molar-refractivity contribution in [2.24, 2.45) is 0 Å². The number of rotatable bonds is 4. The summed E-state index contributed by atoms with van der Waals surface area (Å²) < 4.78 is 1.88. The molecule has 0 radical (unpaired) electrons. The molecule has 1 heterocycles. The smallest absolute Gasteiger partial charge is 0.266 e. The van der Waals surface area contributed by atoms with Gasteiger partial charge in [-0.15, -0.1) is 0 Å². The van der Waals surface area contributed by atoms with Gasteiger partial charge in [-0.25, -0.2) is 0 Å². The fourth-order valence-corrected chi connectivity index (χ4v) is 2.69. The number of hydrogen-bond acceptors (Lipinski definition) is 2. The number of nitriles is 1. The molecule has 0 aliphatic rings. The van der Waals surface area contributed by atoms with E-state index in [1.165, 1.54) is 0 Å². The first-order valence-corrected chi connectivity index (χ1v) is 8.38. The van der Waals surface area contributed by atoms with Gasteiger partial charge in [0.05, 0.1) is 0 Å². The first-order chi connectivity index (χ1) is 12.6. The molecule has 4 nitrogen and oxygen atoms in total. The van der Waals surface area contributed by atoms with Crippen LogP contribution in [0.2, 0.25) is 5.02 Å². The zero-order chi connectivity index (χ0) is 18.5. The summed E-state index contributed by atoms with van der Waals surface area (Å²) in [5.74, 6) is -0.443. The minimum absolute atomic E-state index is 0.0282. The minimum Gasteiger partial charge on any atom is -0.321 e. The predicted octanol–water partition coefficient (Wildman–Crippen LogP) is 4.98. The number of carbonyl (C=O) groups excluding carboxylic acids is 1. The Morgan fingerprint density at radius 2 is 1.92 bits per heavy atom. The summed E-state index contributed by atoms with van der Waals surface area (Å²) in [6.07, 6.45) is 3.43. The van der Waals surface area contributed by atoms with Crippen LogP contribution in [0.4, 0.5) is 5.69 Å². The van der Waals surface area contributed by atoms with Crippen molar-refractivity contribution in [3.63, 3.8) is 0 Å². The molecule has 1 N–H and O–H groups in total. The Morgan fingerprint density at radius 1 is 1.15 bits per heavy atom. The summed E-state index contributed by atoms with van der Waals surface area (Å²) >= 11 is 5.93. The van der Waals surface area contributed by atoms with Crippen LogP contribution in [-0.2, 0) is 4.79 Å². The van der Waals surface area contributed by atoms with Crippen LogP contribution < -0.4 is 5.32 Å². The molecule has 2 aromatic carbocycles.